The van der Waals surface area contributed by atoms with Crippen LogP contribution in [-0.4, -0.2) is 32.7 Å². The van der Waals surface area contributed by atoms with E-state index in [9.17, 15) is 9.59 Å². The number of nitrogens with one attached hydrogen (secondary N) is 1. The van der Waals surface area contributed by atoms with Crippen molar-refractivity contribution in [3.05, 3.63) is 52.0 Å². The van der Waals surface area contributed by atoms with E-state index in [0.717, 1.165) is 11.1 Å². The fourth-order valence-electron chi connectivity index (χ4n) is 2.40. The van der Waals surface area contributed by atoms with Gasteiger partial charge in [0.2, 0.25) is 0 Å². The van der Waals surface area contributed by atoms with Gasteiger partial charge in [0.25, 0.3) is 5.91 Å². The molecule has 6 nitrogen and oxygen atoms in total. The maximum Gasteiger partial charge on any atom is 0.338 e. The maximum atomic E-state index is 12.1. The molecule has 0 atom stereocenters. The van der Waals surface area contributed by atoms with Gasteiger partial charge in [-0.3, -0.25) is 4.79 Å². The molecule has 2 rings (SSSR count). The highest BCUT2D eigenvalue weighted by Gasteiger charge is 2.15. The molecule has 1 N–H and O–H groups in total. The highest BCUT2D eigenvalue weighted by molar-refractivity contribution is 6.32. The summed E-state index contributed by atoms with van der Waals surface area (Å²) in [6.45, 7) is 3.32. The summed E-state index contributed by atoms with van der Waals surface area (Å²) in [6.07, 6.45) is 0. The number of hydrogen-bond acceptors (Lipinski definition) is 5. The SMILES string of the molecule is COc1cc(OC)c(NC(=O)COC(=O)c2ccc(C)cc2C)cc1Cl. The molecule has 0 heterocycles. The molecule has 0 saturated carbocycles. The van der Waals surface area contributed by atoms with Crippen LogP contribution in [0.15, 0.2) is 30.3 Å². The molecule has 0 saturated heterocycles. The zero-order chi connectivity index (χ0) is 19.3. The van der Waals surface area contributed by atoms with Crippen LogP contribution in [0, 0.1) is 13.8 Å². The Kier molecular flexibility index (Phi) is 6.46. The van der Waals surface area contributed by atoms with E-state index in [0.29, 0.717) is 27.8 Å². The topological polar surface area (TPSA) is 73.9 Å². The average Bonchev–Trinajstić information content (AvgIpc) is 2.60. The second-order valence-corrected chi connectivity index (χ2v) is 6.04. The second-order valence-electron chi connectivity index (χ2n) is 5.63. The van der Waals surface area contributed by atoms with Crippen molar-refractivity contribution in [2.24, 2.45) is 0 Å². The van der Waals surface area contributed by atoms with Gasteiger partial charge in [0.05, 0.1) is 30.5 Å². The molecule has 0 aromatic heterocycles. The lowest BCUT2D eigenvalue weighted by Gasteiger charge is -2.13. The molecule has 7 heteroatoms. The molecule has 0 spiro atoms. The van der Waals surface area contributed by atoms with Gasteiger partial charge in [-0.25, -0.2) is 4.79 Å². The van der Waals surface area contributed by atoms with E-state index in [4.69, 9.17) is 25.8 Å². The van der Waals surface area contributed by atoms with Gasteiger partial charge >= 0.3 is 5.97 Å². The van der Waals surface area contributed by atoms with Crippen molar-refractivity contribution in [1.29, 1.82) is 0 Å². The van der Waals surface area contributed by atoms with Gasteiger partial charge < -0.3 is 19.5 Å². The van der Waals surface area contributed by atoms with Crippen molar-refractivity contribution < 1.29 is 23.8 Å². The summed E-state index contributed by atoms with van der Waals surface area (Å²) in [5.74, 6) is -0.275. The third-order valence-corrected chi connectivity index (χ3v) is 3.98. The number of aryl methyl sites for hydroxylation is 2. The number of methoxy groups -OCH3 is 2. The predicted octanol–water partition coefficient (Wildman–Crippen LogP) is 3.77. The van der Waals surface area contributed by atoms with E-state index in [1.807, 2.05) is 26.0 Å². The molecule has 0 unspecified atom stereocenters. The molecule has 0 aliphatic rings. The standard InChI is InChI=1S/C19H20ClNO5/c1-11-5-6-13(12(2)7-11)19(23)26-10-18(22)21-15-8-14(20)16(24-3)9-17(15)25-4/h5-9H,10H2,1-4H3,(H,21,22). The summed E-state index contributed by atoms with van der Waals surface area (Å²) in [7, 11) is 2.93. The normalized spacial score (nSPS) is 10.2. The van der Waals surface area contributed by atoms with Crippen LogP contribution in [0.2, 0.25) is 5.02 Å². The van der Waals surface area contributed by atoms with Crippen LogP contribution < -0.4 is 14.8 Å². The Morgan fingerprint density at radius 2 is 1.73 bits per heavy atom. The Morgan fingerprint density at radius 1 is 1.04 bits per heavy atom. The first kappa shape index (κ1) is 19.6. The molecule has 138 valence electrons. The molecule has 1 amide bonds. The van der Waals surface area contributed by atoms with Crippen LogP contribution in [0.3, 0.4) is 0 Å². The summed E-state index contributed by atoms with van der Waals surface area (Å²) >= 11 is 6.06. The predicted molar refractivity (Wildman–Crippen MR) is 99.4 cm³/mol. The molecule has 0 bridgehead atoms. The van der Waals surface area contributed by atoms with E-state index in [-0.39, 0.29) is 0 Å². The monoisotopic (exact) mass is 377 g/mol. The van der Waals surface area contributed by atoms with Crippen molar-refractivity contribution in [2.45, 2.75) is 13.8 Å². The number of rotatable bonds is 6. The first-order chi connectivity index (χ1) is 12.3. The number of hydrogen-bond donors (Lipinski definition) is 1. The van der Waals surface area contributed by atoms with Gasteiger partial charge in [-0.15, -0.1) is 0 Å². The number of ether oxygens (including phenoxy) is 3. The van der Waals surface area contributed by atoms with E-state index < -0.39 is 18.5 Å². The van der Waals surface area contributed by atoms with Gasteiger partial charge in [-0.2, -0.15) is 0 Å². The minimum atomic E-state index is -0.558. The van der Waals surface area contributed by atoms with Crippen LogP contribution in [0.5, 0.6) is 11.5 Å². The quantitative estimate of drug-likeness (QED) is 0.776. The Hall–Kier alpha value is -2.73. The lowest BCUT2D eigenvalue weighted by molar-refractivity contribution is -0.119. The molecule has 2 aromatic carbocycles. The number of amides is 1. The molecule has 2 aromatic rings. The summed E-state index contributed by atoms with van der Waals surface area (Å²) in [5.41, 5.74) is 2.61. The lowest BCUT2D eigenvalue weighted by Crippen LogP contribution is -2.21. The number of anilines is 1. The first-order valence-corrected chi connectivity index (χ1v) is 8.19. The highest BCUT2D eigenvalue weighted by atomic mass is 35.5. The third-order valence-electron chi connectivity index (χ3n) is 3.68. The molecular weight excluding hydrogens is 358 g/mol. The Balaban J connectivity index is 2.03. The summed E-state index contributed by atoms with van der Waals surface area (Å²) in [6, 6.07) is 8.43. The molecule has 0 aliphatic heterocycles. The van der Waals surface area contributed by atoms with Crippen molar-refractivity contribution >= 4 is 29.2 Å². The van der Waals surface area contributed by atoms with Crippen molar-refractivity contribution in [3.63, 3.8) is 0 Å². The Labute approximate surface area is 157 Å². The Bertz CT molecular complexity index is 835. The number of benzene rings is 2. The molecule has 26 heavy (non-hydrogen) atoms. The summed E-state index contributed by atoms with van der Waals surface area (Å²) < 4.78 is 15.4. The van der Waals surface area contributed by atoms with Gasteiger partial charge in [-0.1, -0.05) is 29.3 Å². The van der Waals surface area contributed by atoms with Gasteiger partial charge in [0.1, 0.15) is 11.5 Å². The van der Waals surface area contributed by atoms with Crippen LogP contribution in [0.1, 0.15) is 21.5 Å². The smallest absolute Gasteiger partial charge is 0.338 e. The number of halogens is 1. The zero-order valence-electron chi connectivity index (χ0n) is 15.0. The fourth-order valence-corrected chi connectivity index (χ4v) is 2.64. The largest absolute Gasteiger partial charge is 0.495 e. The van der Waals surface area contributed by atoms with E-state index in [1.165, 1.54) is 20.3 Å². The highest BCUT2D eigenvalue weighted by Crippen LogP contribution is 2.35. The number of carbonyl (C=O) groups is 2. The van der Waals surface area contributed by atoms with Crippen molar-refractivity contribution in [3.8, 4) is 11.5 Å². The minimum absolute atomic E-state index is 0.316. The van der Waals surface area contributed by atoms with Gasteiger partial charge in [-0.05, 0) is 31.5 Å². The van der Waals surface area contributed by atoms with E-state index >= 15 is 0 Å². The van der Waals surface area contributed by atoms with Crippen molar-refractivity contribution in [1.82, 2.24) is 0 Å². The summed E-state index contributed by atoms with van der Waals surface area (Å²) in [4.78, 5) is 24.2. The van der Waals surface area contributed by atoms with Crippen LogP contribution in [0.4, 0.5) is 5.69 Å². The fraction of sp³-hybridized carbons (Fsp3) is 0.263. The number of esters is 1. The van der Waals surface area contributed by atoms with Gasteiger partial charge in [0, 0.05) is 6.07 Å². The molecule has 0 radical (unpaired) electrons. The van der Waals surface area contributed by atoms with Crippen LogP contribution >= 0.6 is 11.6 Å². The van der Waals surface area contributed by atoms with Crippen LogP contribution in [-0.2, 0) is 9.53 Å². The molecule has 0 aliphatic carbocycles. The summed E-state index contributed by atoms with van der Waals surface area (Å²) in [5, 5.41) is 2.92. The van der Waals surface area contributed by atoms with E-state index in [2.05, 4.69) is 5.32 Å². The first-order valence-electron chi connectivity index (χ1n) is 7.81. The second kappa shape index (κ2) is 8.58. The molecular formula is C19H20ClNO5. The molecule has 0 fully saturated rings. The number of carbonyl (C=O) groups excluding carboxylic acids is 2. The Morgan fingerprint density at radius 3 is 2.35 bits per heavy atom. The third kappa shape index (κ3) is 4.67. The maximum absolute atomic E-state index is 12.1. The van der Waals surface area contributed by atoms with Gasteiger partial charge in [0.15, 0.2) is 6.61 Å². The van der Waals surface area contributed by atoms with Crippen molar-refractivity contribution in [2.75, 3.05) is 26.1 Å². The lowest BCUT2D eigenvalue weighted by atomic mass is 10.1. The van der Waals surface area contributed by atoms with Crippen LogP contribution in [0.25, 0.3) is 0 Å². The zero-order valence-corrected chi connectivity index (χ0v) is 15.8. The minimum Gasteiger partial charge on any atom is -0.495 e. The average molecular weight is 378 g/mol. The van der Waals surface area contributed by atoms with E-state index in [1.54, 1.807) is 12.1 Å².